The SMILES string of the molecule is CCC(NS(=O)(=O)Cc1cccc(CN)c1)c1cccs1. The first-order chi connectivity index (χ1) is 10.0. The summed E-state index contributed by atoms with van der Waals surface area (Å²) >= 11 is 1.57. The van der Waals surface area contributed by atoms with Crippen molar-refractivity contribution in [2.24, 2.45) is 5.73 Å². The first-order valence-electron chi connectivity index (χ1n) is 6.85. The lowest BCUT2D eigenvalue weighted by Gasteiger charge is -2.16. The maximum Gasteiger partial charge on any atom is 0.216 e. The minimum absolute atomic E-state index is 0.0251. The Hall–Kier alpha value is -1.21. The van der Waals surface area contributed by atoms with Crippen LogP contribution in [0, 0.1) is 0 Å². The van der Waals surface area contributed by atoms with E-state index in [-0.39, 0.29) is 11.8 Å². The van der Waals surface area contributed by atoms with E-state index < -0.39 is 10.0 Å². The largest absolute Gasteiger partial charge is 0.326 e. The molecule has 1 heterocycles. The predicted molar refractivity (Wildman–Crippen MR) is 87.4 cm³/mol. The summed E-state index contributed by atoms with van der Waals surface area (Å²) in [7, 11) is -3.38. The van der Waals surface area contributed by atoms with Gasteiger partial charge in [0.05, 0.1) is 11.8 Å². The van der Waals surface area contributed by atoms with Crippen molar-refractivity contribution >= 4 is 21.4 Å². The van der Waals surface area contributed by atoms with Gasteiger partial charge < -0.3 is 5.73 Å². The number of nitrogens with two attached hydrogens (primary N) is 1. The quantitative estimate of drug-likeness (QED) is 0.822. The molecule has 0 aliphatic rings. The molecule has 0 amide bonds. The fourth-order valence-corrected chi connectivity index (χ4v) is 4.52. The van der Waals surface area contributed by atoms with Crippen LogP contribution in [0.25, 0.3) is 0 Å². The van der Waals surface area contributed by atoms with Crippen molar-refractivity contribution in [2.75, 3.05) is 0 Å². The molecule has 0 fully saturated rings. The van der Waals surface area contributed by atoms with Crippen LogP contribution < -0.4 is 10.5 Å². The van der Waals surface area contributed by atoms with Crippen LogP contribution in [0.2, 0.25) is 0 Å². The molecule has 1 unspecified atom stereocenters. The zero-order valence-electron chi connectivity index (χ0n) is 12.0. The highest BCUT2D eigenvalue weighted by atomic mass is 32.2. The van der Waals surface area contributed by atoms with E-state index in [4.69, 9.17) is 5.73 Å². The lowest BCUT2D eigenvalue weighted by atomic mass is 10.1. The Morgan fingerprint density at radius 2 is 2.00 bits per heavy atom. The van der Waals surface area contributed by atoms with E-state index in [1.54, 1.807) is 11.3 Å². The Morgan fingerprint density at radius 3 is 2.62 bits per heavy atom. The smallest absolute Gasteiger partial charge is 0.216 e. The Kier molecular flexibility index (Phi) is 5.52. The molecule has 0 saturated heterocycles. The van der Waals surface area contributed by atoms with E-state index in [2.05, 4.69) is 4.72 Å². The minimum Gasteiger partial charge on any atom is -0.326 e. The Labute approximate surface area is 130 Å². The fourth-order valence-electron chi connectivity index (χ4n) is 2.16. The molecule has 4 nitrogen and oxygen atoms in total. The molecule has 0 bridgehead atoms. The molecular weight excluding hydrogens is 304 g/mol. The maximum absolute atomic E-state index is 12.3. The van der Waals surface area contributed by atoms with E-state index in [0.29, 0.717) is 6.54 Å². The third-order valence-electron chi connectivity index (χ3n) is 3.20. The molecule has 1 aromatic heterocycles. The lowest BCUT2D eigenvalue weighted by molar-refractivity contribution is 0.552. The molecule has 0 saturated carbocycles. The predicted octanol–water partition coefficient (Wildman–Crippen LogP) is 2.78. The molecule has 2 aromatic rings. The molecule has 0 radical (unpaired) electrons. The number of rotatable bonds is 7. The Balaban J connectivity index is 2.10. The number of hydrogen-bond donors (Lipinski definition) is 2. The van der Waals surface area contributed by atoms with Crippen LogP contribution >= 0.6 is 11.3 Å². The van der Waals surface area contributed by atoms with Crippen LogP contribution in [0.4, 0.5) is 0 Å². The van der Waals surface area contributed by atoms with Gasteiger partial charge in [-0.25, -0.2) is 13.1 Å². The van der Waals surface area contributed by atoms with E-state index in [1.807, 2.05) is 48.7 Å². The fraction of sp³-hybridized carbons (Fsp3) is 0.333. The van der Waals surface area contributed by atoms with Gasteiger partial charge >= 0.3 is 0 Å². The second-order valence-electron chi connectivity index (χ2n) is 4.88. The summed E-state index contributed by atoms with van der Waals surface area (Å²) in [4.78, 5) is 1.04. The molecule has 2 rings (SSSR count). The van der Waals surface area contributed by atoms with Crippen molar-refractivity contribution in [1.82, 2.24) is 4.72 Å². The van der Waals surface area contributed by atoms with Crippen LogP contribution in [0.3, 0.4) is 0 Å². The van der Waals surface area contributed by atoms with E-state index in [0.717, 1.165) is 22.4 Å². The van der Waals surface area contributed by atoms with Gasteiger partial charge in [-0.15, -0.1) is 11.3 Å². The summed E-state index contributed by atoms with van der Waals surface area (Å²) < 4.78 is 27.4. The summed E-state index contributed by atoms with van der Waals surface area (Å²) in [5.74, 6) is -0.0251. The van der Waals surface area contributed by atoms with Crippen LogP contribution in [0.5, 0.6) is 0 Å². The number of benzene rings is 1. The summed E-state index contributed by atoms with van der Waals surface area (Å²) in [5, 5.41) is 1.96. The van der Waals surface area contributed by atoms with E-state index in [9.17, 15) is 8.42 Å². The average molecular weight is 324 g/mol. The molecule has 0 spiro atoms. The number of sulfonamides is 1. The second-order valence-corrected chi connectivity index (χ2v) is 7.61. The lowest BCUT2D eigenvalue weighted by Crippen LogP contribution is -2.29. The molecule has 1 atom stereocenters. The zero-order chi connectivity index (χ0) is 15.3. The van der Waals surface area contributed by atoms with Gasteiger partial charge in [-0.2, -0.15) is 0 Å². The third-order valence-corrected chi connectivity index (χ3v) is 5.54. The highest BCUT2D eigenvalue weighted by Crippen LogP contribution is 2.23. The molecular formula is C15H20N2O2S2. The second kappa shape index (κ2) is 7.17. The van der Waals surface area contributed by atoms with E-state index >= 15 is 0 Å². The van der Waals surface area contributed by atoms with Crippen LogP contribution in [-0.4, -0.2) is 8.42 Å². The van der Waals surface area contributed by atoms with Crippen LogP contribution in [-0.2, 0) is 22.3 Å². The van der Waals surface area contributed by atoms with Crippen LogP contribution in [0.15, 0.2) is 41.8 Å². The Bertz CT molecular complexity index is 667. The van der Waals surface area contributed by atoms with Crippen molar-refractivity contribution in [3.63, 3.8) is 0 Å². The van der Waals surface area contributed by atoms with Crippen molar-refractivity contribution in [1.29, 1.82) is 0 Å². The van der Waals surface area contributed by atoms with Crippen molar-refractivity contribution < 1.29 is 8.42 Å². The van der Waals surface area contributed by atoms with Gasteiger partial charge in [0.2, 0.25) is 10.0 Å². The van der Waals surface area contributed by atoms with Crippen molar-refractivity contribution in [3.05, 3.63) is 57.8 Å². The zero-order valence-corrected chi connectivity index (χ0v) is 13.6. The first kappa shape index (κ1) is 16.2. The first-order valence-corrected chi connectivity index (χ1v) is 9.38. The minimum atomic E-state index is -3.38. The molecule has 0 aliphatic carbocycles. The standard InChI is InChI=1S/C15H20N2O2S2/c1-2-14(15-7-4-8-20-15)17-21(18,19)11-13-6-3-5-12(9-13)10-16/h3-9,14,17H,2,10-11,16H2,1H3. The van der Waals surface area contributed by atoms with Gasteiger partial charge in [-0.1, -0.05) is 37.3 Å². The molecule has 6 heteroatoms. The molecule has 21 heavy (non-hydrogen) atoms. The number of hydrogen-bond acceptors (Lipinski definition) is 4. The summed E-state index contributed by atoms with van der Waals surface area (Å²) in [6.45, 7) is 2.38. The number of nitrogens with one attached hydrogen (secondary N) is 1. The molecule has 3 N–H and O–H groups in total. The summed E-state index contributed by atoms with van der Waals surface area (Å²) in [6.07, 6.45) is 0.725. The average Bonchev–Trinajstić information content (AvgIpc) is 2.98. The van der Waals surface area contributed by atoms with E-state index in [1.165, 1.54) is 0 Å². The monoisotopic (exact) mass is 324 g/mol. The van der Waals surface area contributed by atoms with Gasteiger partial charge in [0, 0.05) is 11.4 Å². The summed E-state index contributed by atoms with van der Waals surface area (Å²) in [5.41, 5.74) is 7.28. The topological polar surface area (TPSA) is 72.2 Å². The van der Waals surface area contributed by atoms with Gasteiger partial charge in [0.25, 0.3) is 0 Å². The van der Waals surface area contributed by atoms with Crippen molar-refractivity contribution in [3.8, 4) is 0 Å². The Morgan fingerprint density at radius 1 is 1.24 bits per heavy atom. The van der Waals surface area contributed by atoms with Gasteiger partial charge in [-0.05, 0) is 29.0 Å². The molecule has 0 aliphatic heterocycles. The molecule has 1 aromatic carbocycles. The number of thiophene rings is 1. The molecule has 114 valence electrons. The van der Waals surface area contributed by atoms with Crippen LogP contribution in [0.1, 0.15) is 35.4 Å². The normalized spacial score (nSPS) is 13.2. The highest BCUT2D eigenvalue weighted by molar-refractivity contribution is 7.88. The van der Waals surface area contributed by atoms with Gasteiger partial charge in [0.1, 0.15) is 0 Å². The third kappa shape index (κ3) is 4.64. The summed E-state index contributed by atoms with van der Waals surface area (Å²) in [6, 6.07) is 11.1. The van der Waals surface area contributed by atoms with Gasteiger partial charge in [-0.3, -0.25) is 0 Å². The van der Waals surface area contributed by atoms with Crippen molar-refractivity contribution in [2.45, 2.75) is 31.7 Å². The maximum atomic E-state index is 12.3. The van der Waals surface area contributed by atoms with Gasteiger partial charge in [0.15, 0.2) is 0 Å². The highest BCUT2D eigenvalue weighted by Gasteiger charge is 2.19.